The number of amides is 1. The molecule has 0 bridgehead atoms. The van der Waals surface area contributed by atoms with Gasteiger partial charge in [-0.1, -0.05) is 18.2 Å². The van der Waals surface area contributed by atoms with Crippen molar-refractivity contribution in [3.63, 3.8) is 0 Å². The van der Waals surface area contributed by atoms with Gasteiger partial charge in [0.2, 0.25) is 5.91 Å². The second-order valence-electron chi connectivity index (χ2n) is 4.28. The van der Waals surface area contributed by atoms with Crippen LogP contribution >= 0.6 is 0 Å². The van der Waals surface area contributed by atoms with Gasteiger partial charge in [0, 0.05) is 6.04 Å². The molecule has 1 aromatic carbocycles. The Balaban J connectivity index is 2.06. The highest BCUT2D eigenvalue weighted by Gasteiger charge is 2.10. The number of carboxylic acids is 1. The van der Waals surface area contributed by atoms with Crippen LogP contribution in [0.1, 0.15) is 13.3 Å². The number of carbonyl (C=O) groups excluding carboxylic acids is 1. The zero-order valence-corrected chi connectivity index (χ0v) is 11.4. The fourth-order valence-corrected chi connectivity index (χ4v) is 1.53. The summed E-state index contributed by atoms with van der Waals surface area (Å²) in [5.41, 5.74) is 0. The molecule has 110 valence electrons. The quantitative estimate of drug-likeness (QED) is 0.661. The van der Waals surface area contributed by atoms with Crippen LogP contribution in [0.25, 0.3) is 0 Å². The first-order chi connectivity index (χ1) is 9.58. The number of nitrogens with one attached hydrogen (secondary N) is 1. The summed E-state index contributed by atoms with van der Waals surface area (Å²) in [6, 6.07) is 8.89. The SMILES string of the molecule is CC(CC(=O)O)NC(=O)COCCOc1ccccc1. The maximum atomic E-state index is 11.4. The van der Waals surface area contributed by atoms with Crippen LogP contribution < -0.4 is 10.1 Å². The first-order valence-electron chi connectivity index (χ1n) is 6.34. The van der Waals surface area contributed by atoms with E-state index in [9.17, 15) is 9.59 Å². The molecule has 1 aromatic rings. The molecule has 0 aliphatic heterocycles. The van der Waals surface area contributed by atoms with E-state index in [1.807, 2.05) is 30.3 Å². The second kappa shape index (κ2) is 8.92. The van der Waals surface area contributed by atoms with Crippen molar-refractivity contribution in [1.82, 2.24) is 5.32 Å². The number of carbonyl (C=O) groups is 2. The summed E-state index contributed by atoms with van der Waals surface area (Å²) in [4.78, 5) is 21.8. The van der Waals surface area contributed by atoms with Crippen LogP contribution in [-0.2, 0) is 14.3 Å². The first kappa shape index (κ1) is 16.0. The average Bonchev–Trinajstić information content (AvgIpc) is 2.38. The third-order valence-corrected chi connectivity index (χ3v) is 2.36. The van der Waals surface area contributed by atoms with E-state index in [2.05, 4.69) is 5.32 Å². The molecule has 0 fully saturated rings. The summed E-state index contributed by atoms with van der Waals surface area (Å²) in [5, 5.41) is 11.1. The standard InChI is InChI=1S/C14H19NO5/c1-11(9-14(17)18)15-13(16)10-19-7-8-20-12-5-3-2-4-6-12/h2-6,11H,7-10H2,1H3,(H,15,16)(H,17,18). The number of benzene rings is 1. The van der Waals surface area contributed by atoms with Crippen LogP contribution in [0, 0.1) is 0 Å². The average molecular weight is 281 g/mol. The van der Waals surface area contributed by atoms with Gasteiger partial charge in [-0.15, -0.1) is 0 Å². The molecule has 1 atom stereocenters. The van der Waals surface area contributed by atoms with Gasteiger partial charge in [0.05, 0.1) is 13.0 Å². The Bertz CT molecular complexity index is 421. The predicted molar refractivity (Wildman–Crippen MR) is 72.6 cm³/mol. The summed E-state index contributed by atoms with van der Waals surface area (Å²) in [6.45, 7) is 2.16. The Morgan fingerprint density at radius 2 is 1.95 bits per heavy atom. The van der Waals surface area contributed by atoms with Crippen LogP contribution in [0.15, 0.2) is 30.3 Å². The predicted octanol–water partition coefficient (Wildman–Crippen LogP) is 1.06. The van der Waals surface area contributed by atoms with Gasteiger partial charge in [0.25, 0.3) is 0 Å². The minimum atomic E-state index is -0.949. The number of para-hydroxylation sites is 1. The topological polar surface area (TPSA) is 84.9 Å². The van der Waals surface area contributed by atoms with Crippen LogP contribution in [0.4, 0.5) is 0 Å². The van der Waals surface area contributed by atoms with Gasteiger partial charge in [-0.2, -0.15) is 0 Å². The number of ether oxygens (including phenoxy) is 2. The highest BCUT2D eigenvalue weighted by molar-refractivity contribution is 5.78. The summed E-state index contributed by atoms with van der Waals surface area (Å²) in [6.07, 6.45) is -0.108. The van der Waals surface area contributed by atoms with Gasteiger partial charge < -0.3 is 19.9 Å². The largest absolute Gasteiger partial charge is 0.491 e. The summed E-state index contributed by atoms with van der Waals surface area (Å²) < 4.78 is 10.5. The van der Waals surface area contributed by atoms with Gasteiger partial charge >= 0.3 is 5.97 Å². The second-order valence-corrected chi connectivity index (χ2v) is 4.28. The van der Waals surface area contributed by atoms with Gasteiger partial charge in [-0.3, -0.25) is 9.59 Å². The van der Waals surface area contributed by atoms with Gasteiger partial charge in [-0.25, -0.2) is 0 Å². The van der Waals surface area contributed by atoms with Crippen molar-refractivity contribution in [2.24, 2.45) is 0 Å². The summed E-state index contributed by atoms with van der Waals surface area (Å²) in [7, 11) is 0. The molecule has 0 spiro atoms. The first-order valence-corrected chi connectivity index (χ1v) is 6.34. The molecular formula is C14H19NO5. The third-order valence-electron chi connectivity index (χ3n) is 2.36. The molecule has 0 radical (unpaired) electrons. The zero-order valence-electron chi connectivity index (χ0n) is 11.4. The number of hydrogen-bond donors (Lipinski definition) is 2. The van der Waals surface area contributed by atoms with Crippen molar-refractivity contribution in [3.8, 4) is 5.75 Å². The monoisotopic (exact) mass is 281 g/mol. The Kier molecular flexibility index (Phi) is 7.13. The molecule has 0 saturated carbocycles. The van der Waals surface area contributed by atoms with Crippen molar-refractivity contribution in [3.05, 3.63) is 30.3 Å². The third kappa shape index (κ3) is 7.38. The smallest absolute Gasteiger partial charge is 0.305 e. The Morgan fingerprint density at radius 1 is 1.25 bits per heavy atom. The van der Waals surface area contributed by atoms with Gasteiger partial charge in [0.15, 0.2) is 0 Å². The van der Waals surface area contributed by atoms with E-state index < -0.39 is 12.0 Å². The molecule has 0 aliphatic carbocycles. The van der Waals surface area contributed by atoms with E-state index in [-0.39, 0.29) is 25.5 Å². The normalized spacial score (nSPS) is 11.7. The molecule has 0 aromatic heterocycles. The van der Waals surface area contributed by atoms with E-state index in [0.29, 0.717) is 6.61 Å². The van der Waals surface area contributed by atoms with E-state index in [1.165, 1.54) is 0 Å². The molecular weight excluding hydrogens is 262 g/mol. The highest BCUT2D eigenvalue weighted by atomic mass is 16.5. The zero-order chi connectivity index (χ0) is 14.8. The van der Waals surface area contributed by atoms with Crippen molar-refractivity contribution >= 4 is 11.9 Å². The highest BCUT2D eigenvalue weighted by Crippen LogP contribution is 2.07. The van der Waals surface area contributed by atoms with Crippen LogP contribution in [0.5, 0.6) is 5.75 Å². The van der Waals surface area contributed by atoms with Crippen LogP contribution in [0.3, 0.4) is 0 Å². The molecule has 0 aliphatic rings. The minimum absolute atomic E-state index is 0.108. The molecule has 1 amide bonds. The lowest BCUT2D eigenvalue weighted by Crippen LogP contribution is -2.36. The number of hydrogen-bond acceptors (Lipinski definition) is 4. The molecule has 6 nitrogen and oxygen atoms in total. The van der Waals surface area contributed by atoms with E-state index in [1.54, 1.807) is 6.92 Å². The Hall–Kier alpha value is -2.08. The Labute approximate surface area is 117 Å². The molecule has 1 unspecified atom stereocenters. The molecule has 1 rings (SSSR count). The van der Waals surface area contributed by atoms with Crippen LogP contribution in [0.2, 0.25) is 0 Å². The minimum Gasteiger partial charge on any atom is -0.491 e. The Morgan fingerprint density at radius 3 is 2.60 bits per heavy atom. The molecule has 6 heteroatoms. The van der Waals surface area contributed by atoms with Crippen molar-refractivity contribution < 1.29 is 24.2 Å². The van der Waals surface area contributed by atoms with Crippen LogP contribution in [-0.4, -0.2) is 42.8 Å². The van der Waals surface area contributed by atoms with E-state index in [4.69, 9.17) is 14.6 Å². The van der Waals surface area contributed by atoms with Crippen molar-refractivity contribution in [2.75, 3.05) is 19.8 Å². The summed E-state index contributed by atoms with van der Waals surface area (Å²) >= 11 is 0. The van der Waals surface area contributed by atoms with E-state index >= 15 is 0 Å². The fraction of sp³-hybridized carbons (Fsp3) is 0.429. The molecule has 0 heterocycles. The lowest BCUT2D eigenvalue weighted by atomic mass is 10.2. The van der Waals surface area contributed by atoms with Gasteiger partial charge in [0.1, 0.15) is 19.0 Å². The lowest BCUT2D eigenvalue weighted by Gasteiger charge is -2.11. The molecule has 2 N–H and O–H groups in total. The van der Waals surface area contributed by atoms with Gasteiger partial charge in [-0.05, 0) is 19.1 Å². The van der Waals surface area contributed by atoms with E-state index in [0.717, 1.165) is 5.75 Å². The fourth-order valence-electron chi connectivity index (χ4n) is 1.53. The van der Waals surface area contributed by atoms with Crippen molar-refractivity contribution in [1.29, 1.82) is 0 Å². The van der Waals surface area contributed by atoms with Crippen molar-refractivity contribution in [2.45, 2.75) is 19.4 Å². The summed E-state index contributed by atoms with van der Waals surface area (Å²) in [5.74, 6) is -0.538. The number of rotatable bonds is 9. The maximum absolute atomic E-state index is 11.4. The maximum Gasteiger partial charge on any atom is 0.305 e. The number of carboxylic acid groups (broad SMARTS) is 1. The molecule has 20 heavy (non-hydrogen) atoms. The lowest BCUT2D eigenvalue weighted by molar-refractivity contribution is -0.137. The number of aliphatic carboxylic acids is 1. The molecule has 0 saturated heterocycles.